The van der Waals surface area contributed by atoms with E-state index in [4.69, 9.17) is 5.73 Å². The van der Waals surface area contributed by atoms with Crippen molar-refractivity contribution in [1.29, 1.82) is 0 Å². The van der Waals surface area contributed by atoms with Crippen molar-refractivity contribution in [1.82, 2.24) is 5.32 Å². The van der Waals surface area contributed by atoms with Gasteiger partial charge in [0.1, 0.15) is 0 Å². The topological polar surface area (TPSA) is 55.1 Å². The smallest absolute Gasteiger partial charge is 0.225 e. The van der Waals surface area contributed by atoms with Gasteiger partial charge in [-0.2, -0.15) is 0 Å². The fourth-order valence-corrected chi connectivity index (χ4v) is 1.33. The van der Waals surface area contributed by atoms with Crippen LogP contribution in [0.25, 0.3) is 0 Å². The summed E-state index contributed by atoms with van der Waals surface area (Å²) in [7, 11) is 0. The molecule has 0 atom stereocenters. The number of amides is 1. The summed E-state index contributed by atoms with van der Waals surface area (Å²) in [4.78, 5) is 11.3. The van der Waals surface area contributed by atoms with Gasteiger partial charge in [0.05, 0.1) is 0 Å². The molecule has 0 aromatic carbocycles. The maximum atomic E-state index is 11.3. The van der Waals surface area contributed by atoms with E-state index in [0.717, 1.165) is 12.8 Å². The second kappa shape index (κ2) is 4.67. The van der Waals surface area contributed by atoms with Crippen LogP contribution < -0.4 is 11.1 Å². The highest BCUT2D eigenvalue weighted by Gasteiger charge is 2.38. The third-order valence-electron chi connectivity index (χ3n) is 2.44. The molecule has 0 aromatic rings. The first-order valence-electron chi connectivity index (χ1n) is 4.17. The molecule has 4 heteroatoms. The number of nitrogens with one attached hydrogen (secondary N) is 1. The zero-order chi connectivity index (χ0) is 8.32. The summed E-state index contributed by atoms with van der Waals surface area (Å²) >= 11 is 0. The molecule has 0 saturated heterocycles. The van der Waals surface area contributed by atoms with E-state index >= 15 is 0 Å². The molecule has 0 bridgehead atoms. The molecule has 1 rings (SSSR count). The molecule has 1 aliphatic carbocycles. The lowest BCUT2D eigenvalue weighted by Crippen LogP contribution is -2.44. The van der Waals surface area contributed by atoms with Crippen LogP contribution in [0.15, 0.2) is 0 Å². The minimum Gasteiger partial charge on any atom is -0.354 e. The van der Waals surface area contributed by atoms with Crippen molar-refractivity contribution in [3.8, 4) is 0 Å². The predicted octanol–water partition coefficient (Wildman–Crippen LogP) is 0.673. The van der Waals surface area contributed by atoms with E-state index in [2.05, 4.69) is 5.32 Å². The van der Waals surface area contributed by atoms with Crippen molar-refractivity contribution in [2.45, 2.75) is 26.2 Å². The Balaban J connectivity index is 0.00000121. The van der Waals surface area contributed by atoms with Crippen LogP contribution in [0.5, 0.6) is 0 Å². The van der Waals surface area contributed by atoms with Crippen molar-refractivity contribution < 1.29 is 4.79 Å². The van der Waals surface area contributed by atoms with Gasteiger partial charge in [-0.05, 0) is 12.8 Å². The number of rotatable bonds is 3. The first-order valence-corrected chi connectivity index (χ1v) is 4.17. The molecule has 72 valence electrons. The molecule has 0 spiro atoms. The van der Waals surface area contributed by atoms with Crippen molar-refractivity contribution in [3.63, 3.8) is 0 Å². The molecule has 0 unspecified atom stereocenters. The molecule has 0 aromatic heterocycles. The number of hydrogen-bond donors (Lipinski definition) is 2. The summed E-state index contributed by atoms with van der Waals surface area (Å²) in [6.07, 6.45) is 3.25. The van der Waals surface area contributed by atoms with Gasteiger partial charge in [0.15, 0.2) is 0 Å². The van der Waals surface area contributed by atoms with E-state index in [1.807, 2.05) is 6.92 Å². The Bertz CT molecular complexity index is 157. The maximum Gasteiger partial charge on any atom is 0.225 e. The number of halogens is 1. The molecule has 0 radical (unpaired) electrons. The van der Waals surface area contributed by atoms with Gasteiger partial charge in [0.25, 0.3) is 0 Å². The Morgan fingerprint density at radius 3 is 2.50 bits per heavy atom. The van der Waals surface area contributed by atoms with E-state index in [9.17, 15) is 4.79 Å². The van der Waals surface area contributed by atoms with Gasteiger partial charge in [0, 0.05) is 18.5 Å². The zero-order valence-corrected chi connectivity index (χ0v) is 8.25. The summed E-state index contributed by atoms with van der Waals surface area (Å²) in [6, 6.07) is 0. The molecule has 3 nitrogen and oxygen atoms in total. The number of hydrogen-bond acceptors (Lipinski definition) is 2. The highest BCUT2D eigenvalue weighted by atomic mass is 35.5. The third-order valence-corrected chi connectivity index (χ3v) is 2.44. The molecule has 1 aliphatic rings. The van der Waals surface area contributed by atoms with Gasteiger partial charge < -0.3 is 11.1 Å². The van der Waals surface area contributed by atoms with Crippen molar-refractivity contribution in [2.75, 3.05) is 13.1 Å². The molecule has 1 saturated carbocycles. The summed E-state index contributed by atoms with van der Waals surface area (Å²) < 4.78 is 0. The van der Waals surface area contributed by atoms with Crippen LogP contribution in [-0.2, 0) is 4.79 Å². The third kappa shape index (κ3) is 2.35. The van der Waals surface area contributed by atoms with Gasteiger partial charge in [-0.1, -0.05) is 13.3 Å². The molecule has 1 fully saturated rings. The molecular weight excluding hydrogens is 176 g/mol. The lowest BCUT2D eigenvalue weighted by molar-refractivity contribution is -0.134. The molecular formula is C8H17ClN2O. The summed E-state index contributed by atoms with van der Waals surface area (Å²) in [5, 5.41) is 2.81. The number of nitrogens with two attached hydrogens (primary N) is 1. The first kappa shape index (κ1) is 11.7. The molecule has 0 aliphatic heterocycles. The summed E-state index contributed by atoms with van der Waals surface area (Å²) in [5.74, 6) is 0.175. The Morgan fingerprint density at radius 1 is 1.58 bits per heavy atom. The van der Waals surface area contributed by atoms with Gasteiger partial charge in [-0.3, -0.25) is 4.79 Å². The van der Waals surface area contributed by atoms with Crippen molar-refractivity contribution in [3.05, 3.63) is 0 Å². The van der Waals surface area contributed by atoms with Gasteiger partial charge in [0.2, 0.25) is 5.91 Å². The zero-order valence-electron chi connectivity index (χ0n) is 7.43. The normalized spacial score (nSPS) is 18.8. The van der Waals surface area contributed by atoms with Gasteiger partial charge >= 0.3 is 0 Å². The van der Waals surface area contributed by atoms with Gasteiger partial charge in [-0.25, -0.2) is 0 Å². The minimum atomic E-state index is -0.0742. The Morgan fingerprint density at radius 2 is 2.17 bits per heavy atom. The molecule has 0 heterocycles. The lowest BCUT2D eigenvalue weighted by atomic mass is 9.70. The molecule has 1 amide bonds. The first-order chi connectivity index (χ1) is 5.19. The van der Waals surface area contributed by atoms with E-state index < -0.39 is 0 Å². The monoisotopic (exact) mass is 192 g/mol. The van der Waals surface area contributed by atoms with E-state index in [1.54, 1.807) is 0 Å². The second-order valence-electron chi connectivity index (χ2n) is 3.46. The Hall–Kier alpha value is -0.280. The predicted molar refractivity (Wildman–Crippen MR) is 51.3 cm³/mol. The minimum absolute atomic E-state index is 0. The van der Waals surface area contributed by atoms with Crippen molar-refractivity contribution >= 4 is 18.3 Å². The molecule has 12 heavy (non-hydrogen) atoms. The SMILES string of the molecule is CC1(C(=O)NCCN)CCC1.Cl. The van der Waals surface area contributed by atoms with E-state index in [-0.39, 0.29) is 23.7 Å². The van der Waals surface area contributed by atoms with E-state index in [1.165, 1.54) is 6.42 Å². The lowest BCUT2D eigenvalue weighted by Gasteiger charge is -2.36. The average Bonchev–Trinajstić information content (AvgIpc) is 1.95. The van der Waals surface area contributed by atoms with Crippen LogP contribution >= 0.6 is 12.4 Å². The maximum absolute atomic E-state index is 11.3. The fourth-order valence-electron chi connectivity index (χ4n) is 1.33. The van der Waals surface area contributed by atoms with Crippen molar-refractivity contribution in [2.24, 2.45) is 11.1 Å². The highest BCUT2D eigenvalue weighted by Crippen LogP contribution is 2.40. The fraction of sp³-hybridized carbons (Fsp3) is 0.875. The van der Waals surface area contributed by atoms with Crippen LogP contribution in [0.4, 0.5) is 0 Å². The van der Waals surface area contributed by atoms with Crippen LogP contribution in [0.3, 0.4) is 0 Å². The average molecular weight is 193 g/mol. The van der Waals surface area contributed by atoms with Crippen LogP contribution in [0.2, 0.25) is 0 Å². The number of carbonyl (C=O) groups excluding carboxylic acids is 1. The van der Waals surface area contributed by atoms with E-state index in [0.29, 0.717) is 13.1 Å². The van der Waals surface area contributed by atoms with Crippen LogP contribution in [0, 0.1) is 5.41 Å². The number of carbonyl (C=O) groups is 1. The molecule has 3 N–H and O–H groups in total. The largest absolute Gasteiger partial charge is 0.354 e. The quantitative estimate of drug-likeness (QED) is 0.691. The standard InChI is InChI=1S/C8H16N2O.ClH/c1-8(3-2-4-8)7(11)10-6-5-9;/h2-6,9H2,1H3,(H,10,11);1H. The highest BCUT2D eigenvalue weighted by molar-refractivity contribution is 5.85. The van der Waals surface area contributed by atoms with Gasteiger partial charge in [-0.15, -0.1) is 12.4 Å². The van der Waals surface area contributed by atoms with Crippen LogP contribution in [0.1, 0.15) is 26.2 Å². The summed E-state index contributed by atoms with van der Waals surface area (Å²) in [6.45, 7) is 3.15. The Kier molecular flexibility index (Phi) is 4.57. The Labute approximate surface area is 79.5 Å². The summed E-state index contributed by atoms with van der Waals surface area (Å²) in [5.41, 5.74) is 5.19. The van der Waals surface area contributed by atoms with Crippen LogP contribution in [-0.4, -0.2) is 19.0 Å². The second-order valence-corrected chi connectivity index (χ2v) is 3.46.